The molecule has 0 bridgehead atoms. The SMILES string of the molecule is O=C(O)c1cccc(S(=O)(=O)NC2CCCCNC2=O)c1. The molecule has 0 radical (unpaired) electrons. The molecule has 1 unspecified atom stereocenters. The molecule has 21 heavy (non-hydrogen) atoms. The number of aromatic carboxylic acids is 1. The number of sulfonamides is 1. The van der Waals surface area contributed by atoms with Gasteiger partial charge in [0, 0.05) is 6.54 Å². The number of carbonyl (C=O) groups excluding carboxylic acids is 1. The van der Waals surface area contributed by atoms with Crippen LogP contribution in [-0.2, 0) is 14.8 Å². The Morgan fingerprint density at radius 1 is 1.33 bits per heavy atom. The van der Waals surface area contributed by atoms with E-state index in [1.54, 1.807) is 0 Å². The largest absolute Gasteiger partial charge is 0.478 e. The average Bonchev–Trinajstić information content (AvgIpc) is 2.64. The van der Waals surface area contributed by atoms with E-state index in [4.69, 9.17) is 5.11 Å². The van der Waals surface area contributed by atoms with Crippen molar-refractivity contribution in [2.75, 3.05) is 6.54 Å². The fourth-order valence-corrected chi connectivity index (χ4v) is 3.38. The van der Waals surface area contributed by atoms with Crippen molar-refractivity contribution in [2.45, 2.75) is 30.2 Å². The molecule has 1 aromatic rings. The molecule has 0 spiro atoms. The Labute approximate surface area is 122 Å². The molecule has 8 heteroatoms. The predicted octanol–water partition coefficient (Wildman–Crippen LogP) is 0.332. The molecule has 7 nitrogen and oxygen atoms in total. The van der Waals surface area contributed by atoms with Gasteiger partial charge in [-0.2, -0.15) is 4.72 Å². The quantitative estimate of drug-likeness (QED) is 0.741. The van der Waals surface area contributed by atoms with Crippen molar-refractivity contribution in [3.8, 4) is 0 Å². The van der Waals surface area contributed by atoms with Crippen LogP contribution in [0.4, 0.5) is 0 Å². The Hall–Kier alpha value is -1.93. The van der Waals surface area contributed by atoms with Crippen molar-refractivity contribution in [2.24, 2.45) is 0 Å². The zero-order chi connectivity index (χ0) is 15.5. The van der Waals surface area contributed by atoms with Crippen LogP contribution in [-0.4, -0.2) is 38.0 Å². The lowest BCUT2D eigenvalue weighted by molar-refractivity contribution is -0.122. The van der Waals surface area contributed by atoms with E-state index in [0.717, 1.165) is 18.9 Å². The summed E-state index contributed by atoms with van der Waals surface area (Å²) in [6.07, 6.45) is 1.96. The number of carbonyl (C=O) groups is 2. The normalized spacial score (nSPS) is 19.6. The number of carboxylic acids is 1. The zero-order valence-corrected chi connectivity index (χ0v) is 12.0. The van der Waals surface area contributed by atoms with Crippen LogP contribution in [0.15, 0.2) is 29.2 Å². The number of amides is 1. The van der Waals surface area contributed by atoms with Crippen LogP contribution in [0.2, 0.25) is 0 Å². The van der Waals surface area contributed by atoms with Gasteiger partial charge in [0.1, 0.15) is 6.04 Å². The van der Waals surface area contributed by atoms with Crippen molar-refractivity contribution in [1.29, 1.82) is 0 Å². The van der Waals surface area contributed by atoms with Gasteiger partial charge in [-0.3, -0.25) is 4.79 Å². The van der Waals surface area contributed by atoms with E-state index in [1.807, 2.05) is 0 Å². The van der Waals surface area contributed by atoms with Crippen molar-refractivity contribution in [3.63, 3.8) is 0 Å². The van der Waals surface area contributed by atoms with Gasteiger partial charge in [-0.25, -0.2) is 13.2 Å². The minimum Gasteiger partial charge on any atom is -0.478 e. The van der Waals surface area contributed by atoms with Gasteiger partial charge in [0.15, 0.2) is 0 Å². The molecule has 3 N–H and O–H groups in total. The molecule has 1 saturated heterocycles. The third-order valence-electron chi connectivity index (χ3n) is 3.22. The maximum atomic E-state index is 12.2. The molecular weight excluding hydrogens is 296 g/mol. The number of benzene rings is 1. The molecule has 1 fully saturated rings. The fourth-order valence-electron chi connectivity index (χ4n) is 2.10. The lowest BCUT2D eigenvalue weighted by Crippen LogP contribution is -2.45. The molecule has 1 amide bonds. The molecule has 0 aliphatic carbocycles. The Bertz CT molecular complexity index is 656. The molecule has 0 saturated carbocycles. The van der Waals surface area contributed by atoms with Gasteiger partial charge in [0.25, 0.3) is 0 Å². The van der Waals surface area contributed by atoms with Crippen molar-refractivity contribution >= 4 is 21.9 Å². The third kappa shape index (κ3) is 3.79. The van der Waals surface area contributed by atoms with Crippen molar-refractivity contribution in [3.05, 3.63) is 29.8 Å². The summed E-state index contributed by atoms with van der Waals surface area (Å²) in [6.45, 7) is 0.533. The van der Waals surface area contributed by atoms with Crippen LogP contribution >= 0.6 is 0 Å². The minimum atomic E-state index is -3.94. The van der Waals surface area contributed by atoms with E-state index in [1.165, 1.54) is 18.2 Å². The number of rotatable bonds is 4. The van der Waals surface area contributed by atoms with Crippen LogP contribution in [0, 0.1) is 0 Å². The van der Waals surface area contributed by atoms with Crippen LogP contribution in [0.25, 0.3) is 0 Å². The van der Waals surface area contributed by atoms with Crippen LogP contribution < -0.4 is 10.0 Å². The molecule has 114 valence electrons. The second-order valence-electron chi connectivity index (χ2n) is 4.79. The average molecular weight is 312 g/mol. The van der Waals surface area contributed by atoms with Crippen LogP contribution in [0.3, 0.4) is 0 Å². The standard InChI is InChI=1S/C13H16N2O5S/c16-12-11(6-1-2-7-14-12)15-21(19,20)10-5-3-4-9(8-10)13(17)18/h3-5,8,11,15H,1-2,6-7H2,(H,14,16)(H,17,18). The highest BCUT2D eigenvalue weighted by Crippen LogP contribution is 2.14. The van der Waals surface area contributed by atoms with Crippen LogP contribution in [0.5, 0.6) is 0 Å². The smallest absolute Gasteiger partial charge is 0.335 e. The van der Waals surface area contributed by atoms with E-state index < -0.39 is 22.0 Å². The van der Waals surface area contributed by atoms with E-state index in [2.05, 4.69) is 10.0 Å². The van der Waals surface area contributed by atoms with Gasteiger partial charge in [-0.1, -0.05) is 6.07 Å². The lowest BCUT2D eigenvalue weighted by atomic mass is 10.1. The van der Waals surface area contributed by atoms with Crippen LogP contribution in [0.1, 0.15) is 29.6 Å². The first-order valence-electron chi connectivity index (χ1n) is 6.53. The predicted molar refractivity (Wildman–Crippen MR) is 74.4 cm³/mol. The highest BCUT2D eigenvalue weighted by molar-refractivity contribution is 7.89. The van der Waals surface area contributed by atoms with Gasteiger partial charge < -0.3 is 10.4 Å². The van der Waals surface area contributed by atoms with Gasteiger partial charge in [0.2, 0.25) is 15.9 Å². The number of carboxylic acid groups (broad SMARTS) is 1. The van der Waals surface area contributed by atoms with Crippen molar-refractivity contribution < 1.29 is 23.1 Å². The molecule has 1 aliphatic heterocycles. The fraction of sp³-hybridized carbons (Fsp3) is 0.385. The maximum absolute atomic E-state index is 12.2. The number of hydrogen-bond acceptors (Lipinski definition) is 4. The summed E-state index contributed by atoms with van der Waals surface area (Å²) in [4.78, 5) is 22.5. The number of nitrogens with one attached hydrogen (secondary N) is 2. The second-order valence-corrected chi connectivity index (χ2v) is 6.51. The first-order chi connectivity index (χ1) is 9.90. The molecule has 1 atom stereocenters. The first-order valence-corrected chi connectivity index (χ1v) is 8.02. The monoisotopic (exact) mass is 312 g/mol. The Morgan fingerprint density at radius 2 is 2.10 bits per heavy atom. The summed E-state index contributed by atoms with van der Waals surface area (Å²) in [5.41, 5.74) is -0.122. The molecular formula is C13H16N2O5S. The molecule has 1 heterocycles. The summed E-state index contributed by atoms with van der Waals surface area (Å²) in [7, 11) is -3.94. The van der Waals surface area contributed by atoms with E-state index in [-0.39, 0.29) is 16.4 Å². The molecule has 1 aromatic carbocycles. The first kappa shape index (κ1) is 15.5. The highest BCUT2D eigenvalue weighted by atomic mass is 32.2. The highest BCUT2D eigenvalue weighted by Gasteiger charge is 2.27. The summed E-state index contributed by atoms with van der Waals surface area (Å²) in [5, 5.41) is 11.5. The van der Waals surface area contributed by atoms with Crippen molar-refractivity contribution in [1.82, 2.24) is 10.0 Å². The van der Waals surface area contributed by atoms with Gasteiger partial charge in [0.05, 0.1) is 10.5 Å². The molecule has 1 aliphatic rings. The Morgan fingerprint density at radius 3 is 2.81 bits per heavy atom. The van der Waals surface area contributed by atoms with Gasteiger partial charge in [-0.15, -0.1) is 0 Å². The summed E-state index contributed by atoms with van der Waals surface area (Å²) in [6, 6.07) is 4.19. The second kappa shape index (κ2) is 6.23. The number of hydrogen-bond donors (Lipinski definition) is 3. The topological polar surface area (TPSA) is 113 Å². The molecule has 2 rings (SSSR count). The Kier molecular flexibility index (Phi) is 4.59. The van der Waals surface area contributed by atoms with E-state index in [0.29, 0.717) is 13.0 Å². The Balaban J connectivity index is 2.23. The van der Waals surface area contributed by atoms with E-state index >= 15 is 0 Å². The maximum Gasteiger partial charge on any atom is 0.335 e. The minimum absolute atomic E-state index is 0.122. The molecule has 0 aromatic heterocycles. The summed E-state index contributed by atoms with van der Waals surface area (Å²) >= 11 is 0. The third-order valence-corrected chi connectivity index (χ3v) is 4.69. The van der Waals surface area contributed by atoms with Gasteiger partial charge in [-0.05, 0) is 37.5 Å². The summed E-state index contributed by atoms with van der Waals surface area (Å²) in [5.74, 6) is -1.57. The summed E-state index contributed by atoms with van der Waals surface area (Å²) < 4.78 is 26.8. The van der Waals surface area contributed by atoms with Gasteiger partial charge >= 0.3 is 5.97 Å². The zero-order valence-electron chi connectivity index (χ0n) is 11.2. The lowest BCUT2D eigenvalue weighted by Gasteiger charge is -2.15. The van der Waals surface area contributed by atoms with E-state index in [9.17, 15) is 18.0 Å².